The summed E-state index contributed by atoms with van der Waals surface area (Å²) in [7, 11) is 0. The number of oxazole rings is 2. The van der Waals surface area contributed by atoms with Gasteiger partial charge >= 0.3 is 16.8 Å². The van der Waals surface area contributed by atoms with Crippen molar-refractivity contribution in [2.45, 2.75) is 39.5 Å². The van der Waals surface area contributed by atoms with Crippen LogP contribution in [0, 0.1) is 0 Å². The fraction of sp³-hybridized carbons (Fsp3) is 0.167. The van der Waals surface area contributed by atoms with Crippen LogP contribution in [-0.4, -0.2) is 9.97 Å². The monoisotopic (exact) mass is 641 g/mol. The summed E-state index contributed by atoms with van der Waals surface area (Å²) in [5.74, 6) is 3.93. The van der Waals surface area contributed by atoms with Crippen molar-refractivity contribution in [3.8, 4) is 11.5 Å². The van der Waals surface area contributed by atoms with Crippen molar-refractivity contribution >= 4 is 44.7 Å². The normalized spacial score (nSPS) is 15.0. The third-order valence-electron chi connectivity index (χ3n) is 7.21. The molecule has 1 radical (unpaired) electrons. The first kappa shape index (κ1) is 30.1. The largest absolute Gasteiger partial charge is 2.00 e. The molecule has 8 nitrogen and oxygen atoms in total. The molecule has 4 heterocycles. The number of para-hydroxylation sites is 8. The van der Waals surface area contributed by atoms with Crippen LogP contribution < -0.4 is 9.47 Å². The third-order valence-corrected chi connectivity index (χ3v) is 7.21. The van der Waals surface area contributed by atoms with Crippen LogP contribution >= 0.6 is 0 Å². The molecule has 6 aromatic rings. The molecule has 8 rings (SSSR count). The van der Waals surface area contributed by atoms with E-state index in [1.165, 1.54) is 0 Å². The molecule has 0 bridgehead atoms. The Morgan fingerprint density at radius 3 is 1.36 bits per heavy atom. The Labute approximate surface area is 271 Å². The SMILES string of the molecule is CCC/C(=C1/[N-]c2ccccc2O1)c1nc2ccccc2o1.CCC/C(=C1/[N-]c2ccccc2O1)c1nc2ccccc2o1.[Co+2]. The van der Waals surface area contributed by atoms with Gasteiger partial charge in [0.2, 0.25) is 11.8 Å². The number of allylic oxidation sites excluding steroid dienone is 2. The van der Waals surface area contributed by atoms with Gasteiger partial charge < -0.3 is 28.9 Å². The van der Waals surface area contributed by atoms with Crippen molar-refractivity contribution in [1.82, 2.24) is 9.97 Å². The topological polar surface area (TPSA) is 98.7 Å². The second kappa shape index (κ2) is 13.3. The molecule has 0 N–H and O–H groups in total. The summed E-state index contributed by atoms with van der Waals surface area (Å²) in [4.78, 5) is 9.15. The summed E-state index contributed by atoms with van der Waals surface area (Å²) in [5, 5.41) is 9.15. The average Bonchev–Trinajstić information content (AvgIpc) is 3.86. The maximum absolute atomic E-state index is 5.88. The number of rotatable bonds is 6. The number of nitrogens with zero attached hydrogens (tertiary/aromatic N) is 4. The molecule has 4 aromatic carbocycles. The molecule has 0 saturated heterocycles. The molecule has 2 aliphatic heterocycles. The first-order valence-corrected chi connectivity index (χ1v) is 14.9. The first-order valence-electron chi connectivity index (χ1n) is 14.9. The van der Waals surface area contributed by atoms with Gasteiger partial charge in [0, 0.05) is 22.9 Å². The second-order valence-corrected chi connectivity index (χ2v) is 10.4. The molecule has 0 spiro atoms. The van der Waals surface area contributed by atoms with Gasteiger partial charge in [-0.25, -0.2) is 9.97 Å². The minimum absolute atomic E-state index is 0. The fourth-order valence-electron chi connectivity index (χ4n) is 5.12. The van der Waals surface area contributed by atoms with Gasteiger partial charge in [0.15, 0.2) is 11.2 Å². The predicted molar refractivity (Wildman–Crippen MR) is 172 cm³/mol. The van der Waals surface area contributed by atoms with Crippen molar-refractivity contribution < 1.29 is 35.1 Å². The summed E-state index contributed by atoms with van der Waals surface area (Å²) in [5.41, 5.74) is 6.78. The van der Waals surface area contributed by atoms with Crippen LogP contribution in [-0.2, 0) is 16.8 Å². The average molecular weight is 642 g/mol. The number of benzene rings is 4. The van der Waals surface area contributed by atoms with E-state index in [1.54, 1.807) is 0 Å². The van der Waals surface area contributed by atoms with Crippen molar-refractivity contribution in [2.24, 2.45) is 0 Å². The van der Waals surface area contributed by atoms with Crippen LogP contribution in [0.2, 0.25) is 0 Å². The van der Waals surface area contributed by atoms with Gasteiger partial charge in [-0.2, -0.15) is 0 Å². The maximum Gasteiger partial charge on any atom is 2.00 e. The molecule has 227 valence electrons. The van der Waals surface area contributed by atoms with Gasteiger partial charge in [-0.05, 0) is 49.2 Å². The molecule has 2 aromatic heterocycles. The van der Waals surface area contributed by atoms with Crippen LogP contribution in [0.5, 0.6) is 11.5 Å². The molecule has 2 aliphatic rings. The van der Waals surface area contributed by atoms with Crippen LogP contribution in [0.4, 0.5) is 11.4 Å². The van der Waals surface area contributed by atoms with E-state index in [9.17, 15) is 0 Å². The number of hydrogen-bond donors (Lipinski definition) is 0. The fourth-order valence-corrected chi connectivity index (χ4v) is 5.12. The molecule has 0 amide bonds. The van der Waals surface area contributed by atoms with E-state index in [0.29, 0.717) is 23.5 Å². The number of ether oxygens (including phenoxy) is 2. The van der Waals surface area contributed by atoms with Gasteiger partial charge in [-0.1, -0.05) is 98.7 Å². The number of fused-ring (bicyclic) bond motifs is 4. The predicted octanol–water partition coefficient (Wildman–Crippen LogP) is 10.8. The number of aromatic nitrogens is 2. The van der Waals surface area contributed by atoms with Crippen LogP contribution in [0.15, 0.2) is 118 Å². The van der Waals surface area contributed by atoms with Gasteiger partial charge in [0.25, 0.3) is 0 Å². The zero-order valence-electron chi connectivity index (χ0n) is 24.8. The molecule has 0 fully saturated rings. The van der Waals surface area contributed by atoms with Gasteiger partial charge in [0.05, 0.1) is 0 Å². The molecule has 0 atom stereocenters. The van der Waals surface area contributed by atoms with E-state index >= 15 is 0 Å². The van der Waals surface area contributed by atoms with Crippen molar-refractivity contribution in [2.75, 3.05) is 0 Å². The molecule has 0 saturated carbocycles. The molecular weight excluding hydrogens is 611 g/mol. The van der Waals surface area contributed by atoms with E-state index in [1.807, 2.05) is 97.1 Å². The third kappa shape index (κ3) is 6.18. The first-order chi connectivity index (χ1) is 21.7. The minimum Gasteiger partial charge on any atom is -0.624 e. The Morgan fingerprint density at radius 2 is 0.956 bits per heavy atom. The quantitative estimate of drug-likeness (QED) is 0.179. The Hall–Kier alpha value is -4.99. The standard InChI is InChI=1S/2C18H15N2O2.Co/c2*1-2-7-12(17-19-13-8-3-5-10-15(13)21-17)18-20-14-9-4-6-11-16(14)22-18;/h2*3-6,8-11H,2,7H2,1H3;/q2*-1;+2/b2*17-12+;. The Balaban J connectivity index is 0.000000155. The second-order valence-electron chi connectivity index (χ2n) is 10.4. The Kier molecular flexibility index (Phi) is 8.90. The van der Waals surface area contributed by atoms with Gasteiger partial charge in [0.1, 0.15) is 22.5 Å². The molecule has 0 aliphatic carbocycles. The van der Waals surface area contributed by atoms with Crippen molar-refractivity contribution in [1.29, 1.82) is 0 Å². The molecule has 9 heteroatoms. The van der Waals surface area contributed by atoms with E-state index in [4.69, 9.17) is 18.3 Å². The zero-order valence-corrected chi connectivity index (χ0v) is 25.9. The molecule has 45 heavy (non-hydrogen) atoms. The van der Waals surface area contributed by atoms with E-state index in [2.05, 4.69) is 34.4 Å². The minimum atomic E-state index is 0. The summed E-state index contributed by atoms with van der Waals surface area (Å²) in [6.45, 7) is 4.23. The zero-order chi connectivity index (χ0) is 29.9. The summed E-state index contributed by atoms with van der Waals surface area (Å²) in [6.07, 6.45) is 3.54. The van der Waals surface area contributed by atoms with Gasteiger partial charge in [-0.3, -0.25) is 0 Å². The molecular formula is C36H30CoN4O4. The Morgan fingerprint density at radius 1 is 0.556 bits per heavy atom. The van der Waals surface area contributed by atoms with Gasteiger partial charge in [-0.15, -0.1) is 0 Å². The van der Waals surface area contributed by atoms with Crippen LogP contribution in [0.25, 0.3) is 44.0 Å². The number of hydrogen-bond acceptors (Lipinski definition) is 6. The van der Waals surface area contributed by atoms with Crippen molar-refractivity contribution in [3.63, 3.8) is 0 Å². The van der Waals surface area contributed by atoms with E-state index < -0.39 is 0 Å². The summed E-state index contributed by atoms with van der Waals surface area (Å²) < 4.78 is 23.5. The summed E-state index contributed by atoms with van der Waals surface area (Å²) >= 11 is 0. The van der Waals surface area contributed by atoms with Crippen LogP contribution in [0.1, 0.15) is 51.3 Å². The van der Waals surface area contributed by atoms with Crippen molar-refractivity contribution in [3.05, 3.63) is 131 Å². The smallest absolute Gasteiger partial charge is 0.624 e. The Bertz CT molecular complexity index is 1760. The van der Waals surface area contributed by atoms with Crippen LogP contribution in [0.3, 0.4) is 0 Å². The van der Waals surface area contributed by atoms with E-state index in [0.717, 1.165) is 81.9 Å². The van der Waals surface area contributed by atoms with E-state index in [-0.39, 0.29) is 16.8 Å². The summed E-state index contributed by atoms with van der Waals surface area (Å²) in [6, 6.07) is 31.0. The maximum atomic E-state index is 5.88. The molecule has 0 unspecified atom stereocenters.